The molecule has 0 radical (unpaired) electrons. The van der Waals surface area contributed by atoms with E-state index in [1.54, 1.807) is 39.8 Å². The van der Waals surface area contributed by atoms with E-state index >= 15 is 0 Å². The molecule has 1 heterocycles. The maximum atomic E-state index is 13.4. The fourth-order valence-electron chi connectivity index (χ4n) is 2.06. The first-order valence-electron chi connectivity index (χ1n) is 7.81. The van der Waals surface area contributed by atoms with Crippen LogP contribution in [-0.2, 0) is 9.47 Å². The van der Waals surface area contributed by atoms with Gasteiger partial charge in [-0.05, 0) is 39.8 Å². The number of ether oxygens (including phenoxy) is 2. The second-order valence-corrected chi connectivity index (χ2v) is 6.53. The van der Waals surface area contributed by atoms with Gasteiger partial charge in [-0.15, -0.1) is 0 Å². The number of methoxy groups -OCH3 is 1. The Balaban J connectivity index is 2.23. The minimum atomic E-state index is -0.713. The first-order chi connectivity index (χ1) is 11.7. The minimum Gasteiger partial charge on any atom is -0.444 e. The number of nitrogens with one attached hydrogen (secondary N) is 1. The fraction of sp³-hybridized carbons (Fsp3) is 0.471. The van der Waals surface area contributed by atoms with Crippen LogP contribution in [-0.4, -0.2) is 35.0 Å². The number of benzene rings is 1. The summed E-state index contributed by atoms with van der Waals surface area (Å²) in [7, 11) is 1.50. The molecule has 7 nitrogen and oxygen atoms in total. The number of hydrogen-bond acceptors (Lipinski definition) is 6. The van der Waals surface area contributed by atoms with Gasteiger partial charge in [0.25, 0.3) is 5.89 Å². The molecule has 0 saturated heterocycles. The van der Waals surface area contributed by atoms with Crippen LogP contribution < -0.4 is 5.32 Å². The Morgan fingerprint density at radius 1 is 1.36 bits per heavy atom. The number of carbonyl (C=O) groups excluding carboxylic acids is 1. The number of amides is 1. The van der Waals surface area contributed by atoms with Crippen molar-refractivity contribution in [3.8, 4) is 11.4 Å². The van der Waals surface area contributed by atoms with Gasteiger partial charge in [0.2, 0.25) is 5.82 Å². The van der Waals surface area contributed by atoms with Crippen LogP contribution in [0.5, 0.6) is 0 Å². The molecule has 1 N–H and O–H groups in total. The molecule has 0 aliphatic heterocycles. The van der Waals surface area contributed by atoms with E-state index in [-0.39, 0.29) is 11.7 Å². The first-order valence-corrected chi connectivity index (χ1v) is 7.81. The molecule has 2 rings (SSSR count). The van der Waals surface area contributed by atoms with Crippen LogP contribution in [0.15, 0.2) is 28.8 Å². The van der Waals surface area contributed by atoms with Crippen LogP contribution >= 0.6 is 0 Å². The average Bonchev–Trinajstić information content (AvgIpc) is 3.00. The number of aromatic nitrogens is 2. The van der Waals surface area contributed by atoms with E-state index in [4.69, 9.17) is 14.0 Å². The van der Waals surface area contributed by atoms with Crippen molar-refractivity contribution in [1.29, 1.82) is 0 Å². The van der Waals surface area contributed by atoms with Crippen molar-refractivity contribution in [3.63, 3.8) is 0 Å². The first kappa shape index (κ1) is 18.9. The molecule has 2 atom stereocenters. The molecular formula is C17H22FN3O4. The molecule has 136 valence electrons. The Labute approximate surface area is 145 Å². The lowest BCUT2D eigenvalue weighted by Crippen LogP contribution is -2.39. The van der Waals surface area contributed by atoms with Gasteiger partial charge < -0.3 is 19.3 Å². The molecule has 25 heavy (non-hydrogen) atoms. The quantitative estimate of drug-likeness (QED) is 0.887. The van der Waals surface area contributed by atoms with E-state index in [1.807, 2.05) is 0 Å². The van der Waals surface area contributed by atoms with Crippen LogP contribution in [0.2, 0.25) is 0 Å². The molecule has 0 bridgehead atoms. The maximum absolute atomic E-state index is 13.4. The summed E-state index contributed by atoms with van der Waals surface area (Å²) in [5, 5.41) is 6.51. The predicted molar refractivity (Wildman–Crippen MR) is 88.3 cm³/mol. The molecule has 8 heteroatoms. The smallest absolute Gasteiger partial charge is 0.408 e. The Kier molecular flexibility index (Phi) is 5.73. The highest BCUT2D eigenvalue weighted by Crippen LogP contribution is 2.23. The summed E-state index contributed by atoms with van der Waals surface area (Å²) < 4.78 is 29.1. The van der Waals surface area contributed by atoms with Gasteiger partial charge in [-0.2, -0.15) is 4.98 Å². The van der Waals surface area contributed by atoms with Crippen molar-refractivity contribution >= 4 is 6.09 Å². The highest BCUT2D eigenvalue weighted by molar-refractivity contribution is 5.68. The lowest BCUT2D eigenvalue weighted by molar-refractivity contribution is 0.0325. The Morgan fingerprint density at radius 3 is 2.68 bits per heavy atom. The molecule has 0 spiro atoms. The van der Waals surface area contributed by atoms with Gasteiger partial charge in [0, 0.05) is 12.7 Å². The fourth-order valence-corrected chi connectivity index (χ4v) is 2.06. The average molecular weight is 351 g/mol. The second kappa shape index (κ2) is 7.60. The van der Waals surface area contributed by atoms with Crippen molar-refractivity contribution in [3.05, 3.63) is 36.0 Å². The van der Waals surface area contributed by atoms with E-state index < -0.39 is 29.7 Å². The molecule has 2 aromatic rings. The van der Waals surface area contributed by atoms with Crippen molar-refractivity contribution in [1.82, 2.24) is 15.5 Å². The molecule has 0 aliphatic rings. The van der Waals surface area contributed by atoms with E-state index in [9.17, 15) is 9.18 Å². The van der Waals surface area contributed by atoms with Gasteiger partial charge in [0.1, 0.15) is 17.5 Å². The van der Waals surface area contributed by atoms with Gasteiger partial charge in [-0.25, -0.2) is 9.18 Å². The lowest BCUT2D eigenvalue weighted by Gasteiger charge is -2.24. The van der Waals surface area contributed by atoms with E-state index in [0.717, 1.165) is 0 Å². The Bertz CT molecular complexity index is 727. The number of halogens is 1. The Morgan fingerprint density at radius 2 is 2.08 bits per heavy atom. The molecular weight excluding hydrogens is 329 g/mol. The highest BCUT2D eigenvalue weighted by Gasteiger charge is 2.29. The lowest BCUT2D eigenvalue weighted by atomic mass is 10.1. The third kappa shape index (κ3) is 5.25. The second-order valence-electron chi connectivity index (χ2n) is 6.53. The van der Waals surface area contributed by atoms with Gasteiger partial charge in [-0.3, -0.25) is 0 Å². The molecule has 0 saturated carbocycles. The summed E-state index contributed by atoms with van der Waals surface area (Å²) in [6.07, 6.45) is -1.08. The topological polar surface area (TPSA) is 86.5 Å². The highest BCUT2D eigenvalue weighted by atomic mass is 19.1. The number of carbonyl (C=O) groups is 1. The third-order valence-electron chi connectivity index (χ3n) is 3.30. The summed E-state index contributed by atoms with van der Waals surface area (Å²) >= 11 is 0. The molecule has 0 unspecified atom stereocenters. The maximum Gasteiger partial charge on any atom is 0.408 e. The number of alkyl carbamates (subject to hydrolysis) is 1. The normalized spacial score (nSPS) is 14.0. The van der Waals surface area contributed by atoms with Crippen molar-refractivity contribution < 1.29 is 23.2 Å². The van der Waals surface area contributed by atoms with E-state index in [1.165, 1.54) is 19.2 Å². The summed E-state index contributed by atoms with van der Waals surface area (Å²) in [5.41, 5.74) is -0.178. The van der Waals surface area contributed by atoms with Crippen LogP contribution in [0, 0.1) is 5.82 Å². The van der Waals surface area contributed by atoms with E-state index in [0.29, 0.717) is 5.56 Å². The molecule has 1 aromatic carbocycles. The zero-order chi connectivity index (χ0) is 18.6. The van der Waals surface area contributed by atoms with E-state index in [2.05, 4.69) is 15.5 Å². The summed E-state index contributed by atoms with van der Waals surface area (Å²) in [5.74, 6) is -0.0502. The zero-order valence-electron chi connectivity index (χ0n) is 14.9. The molecule has 1 amide bonds. The summed E-state index contributed by atoms with van der Waals surface area (Å²) in [4.78, 5) is 16.3. The van der Waals surface area contributed by atoms with Crippen LogP contribution in [0.1, 0.15) is 39.6 Å². The van der Waals surface area contributed by atoms with Crippen LogP contribution in [0.3, 0.4) is 0 Å². The van der Waals surface area contributed by atoms with Crippen LogP contribution in [0.4, 0.5) is 9.18 Å². The predicted octanol–water partition coefficient (Wildman–Crippen LogP) is 3.48. The van der Waals surface area contributed by atoms with Crippen molar-refractivity contribution in [2.24, 2.45) is 0 Å². The SMILES string of the molecule is CO[C@H](C)[C@H](NC(=O)OC(C)(C)C)c1nc(-c2cccc(F)c2)no1. The van der Waals surface area contributed by atoms with Crippen molar-refractivity contribution in [2.75, 3.05) is 7.11 Å². The Hall–Kier alpha value is -2.48. The molecule has 0 fully saturated rings. The van der Waals surface area contributed by atoms with Gasteiger partial charge in [0.05, 0.1) is 6.10 Å². The molecule has 0 aliphatic carbocycles. The van der Waals surface area contributed by atoms with Gasteiger partial charge in [0.15, 0.2) is 0 Å². The largest absolute Gasteiger partial charge is 0.444 e. The summed E-state index contributed by atoms with van der Waals surface area (Å²) in [6.45, 7) is 7.02. The minimum absolute atomic E-state index is 0.138. The number of nitrogens with zero attached hydrogens (tertiary/aromatic N) is 2. The van der Waals surface area contributed by atoms with Gasteiger partial charge >= 0.3 is 6.09 Å². The van der Waals surface area contributed by atoms with Crippen LogP contribution in [0.25, 0.3) is 11.4 Å². The number of hydrogen-bond donors (Lipinski definition) is 1. The zero-order valence-corrected chi connectivity index (χ0v) is 14.9. The van der Waals surface area contributed by atoms with Crippen molar-refractivity contribution in [2.45, 2.75) is 45.4 Å². The van der Waals surface area contributed by atoms with Gasteiger partial charge in [-0.1, -0.05) is 17.3 Å². The third-order valence-corrected chi connectivity index (χ3v) is 3.30. The monoisotopic (exact) mass is 351 g/mol. The number of rotatable bonds is 5. The summed E-state index contributed by atoms with van der Waals surface area (Å²) in [6, 6.07) is 5.12. The standard InChI is InChI=1S/C17H22FN3O4/c1-10(23-5)13(19-16(22)24-17(2,3)4)15-20-14(21-25-15)11-7-6-8-12(18)9-11/h6-10,13H,1-5H3,(H,19,22)/t10-,13+/m1/s1. The molecule has 1 aromatic heterocycles.